The summed E-state index contributed by atoms with van der Waals surface area (Å²) in [6, 6.07) is 18.6. The van der Waals surface area contributed by atoms with Gasteiger partial charge in [0, 0.05) is 18.2 Å². The molecule has 2 aromatic carbocycles. The van der Waals surface area contributed by atoms with E-state index < -0.39 is 0 Å². The zero-order valence-corrected chi connectivity index (χ0v) is 17.3. The van der Waals surface area contributed by atoms with Crippen molar-refractivity contribution in [3.05, 3.63) is 78.1 Å². The fourth-order valence-corrected chi connectivity index (χ4v) is 3.42. The Morgan fingerprint density at radius 3 is 2.55 bits per heavy atom. The molecule has 0 aliphatic carbocycles. The van der Waals surface area contributed by atoms with Crippen molar-refractivity contribution in [2.45, 2.75) is 19.8 Å². The maximum absolute atomic E-state index is 12.5. The Balaban J connectivity index is 1.46. The molecule has 156 valence electrons. The number of benzene rings is 2. The Morgan fingerprint density at radius 1 is 1.03 bits per heavy atom. The highest BCUT2D eigenvalue weighted by Gasteiger charge is 2.15. The van der Waals surface area contributed by atoms with Gasteiger partial charge in [0.15, 0.2) is 11.4 Å². The predicted molar refractivity (Wildman–Crippen MR) is 119 cm³/mol. The van der Waals surface area contributed by atoms with Crippen LogP contribution in [0.4, 0.5) is 5.69 Å². The molecule has 0 spiro atoms. The quantitative estimate of drug-likeness (QED) is 0.455. The van der Waals surface area contributed by atoms with Gasteiger partial charge in [0.05, 0.1) is 35.9 Å². The first-order valence-corrected chi connectivity index (χ1v) is 9.93. The van der Waals surface area contributed by atoms with Gasteiger partial charge in [0.25, 0.3) is 0 Å². The van der Waals surface area contributed by atoms with Crippen molar-refractivity contribution in [1.29, 1.82) is 0 Å². The van der Waals surface area contributed by atoms with Crippen LogP contribution in [0.2, 0.25) is 0 Å². The molecule has 0 bridgehead atoms. The van der Waals surface area contributed by atoms with Crippen molar-refractivity contribution in [3.63, 3.8) is 0 Å². The molecule has 1 N–H and O–H groups in total. The number of para-hydroxylation sites is 2. The summed E-state index contributed by atoms with van der Waals surface area (Å²) in [5, 5.41) is 8.25. The SMILES string of the molecule is COc1ccccc1C(=O)CCC(=O)Nc1cnc2c(c1)c(C)nn2-c1ccccc1. The van der Waals surface area contributed by atoms with Gasteiger partial charge in [-0.2, -0.15) is 5.10 Å². The van der Waals surface area contributed by atoms with E-state index in [9.17, 15) is 9.59 Å². The van der Waals surface area contributed by atoms with E-state index in [2.05, 4.69) is 15.4 Å². The lowest BCUT2D eigenvalue weighted by Gasteiger charge is -2.08. The molecule has 4 aromatic rings. The van der Waals surface area contributed by atoms with Gasteiger partial charge in [-0.25, -0.2) is 9.67 Å². The molecule has 0 radical (unpaired) electrons. The normalized spacial score (nSPS) is 10.8. The standard InChI is InChI=1S/C24H22N4O3/c1-16-20-14-17(15-25-24(20)28(27-16)18-8-4-3-5-9-18)26-23(30)13-12-21(29)19-10-6-7-11-22(19)31-2/h3-11,14-15H,12-13H2,1-2H3,(H,26,30). The number of ether oxygens (including phenoxy) is 1. The summed E-state index contributed by atoms with van der Waals surface area (Å²) in [6.07, 6.45) is 1.76. The third kappa shape index (κ3) is 4.30. The lowest BCUT2D eigenvalue weighted by Crippen LogP contribution is -2.14. The molecule has 2 heterocycles. The molecule has 0 aliphatic rings. The lowest BCUT2D eigenvalue weighted by molar-refractivity contribution is -0.116. The average molecular weight is 414 g/mol. The van der Waals surface area contributed by atoms with Crippen molar-refractivity contribution in [2.75, 3.05) is 12.4 Å². The summed E-state index contributed by atoms with van der Waals surface area (Å²) in [6.45, 7) is 1.90. The van der Waals surface area contributed by atoms with Crippen LogP contribution in [0, 0.1) is 6.92 Å². The molecule has 0 saturated heterocycles. The van der Waals surface area contributed by atoms with Crippen LogP contribution in [0.25, 0.3) is 16.7 Å². The fourth-order valence-electron chi connectivity index (χ4n) is 3.42. The fraction of sp³-hybridized carbons (Fsp3) is 0.167. The lowest BCUT2D eigenvalue weighted by atomic mass is 10.1. The van der Waals surface area contributed by atoms with Crippen molar-refractivity contribution < 1.29 is 14.3 Å². The van der Waals surface area contributed by atoms with E-state index in [1.807, 2.05) is 43.3 Å². The highest BCUT2D eigenvalue weighted by atomic mass is 16.5. The van der Waals surface area contributed by atoms with Gasteiger partial charge in [0.1, 0.15) is 5.75 Å². The molecular formula is C24H22N4O3. The summed E-state index contributed by atoms with van der Waals surface area (Å²) in [7, 11) is 1.52. The Morgan fingerprint density at radius 2 is 1.77 bits per heavy atom. The highest BCUT2D eigenvalue weighted by molar-refractivity contribution is 6.02. The van der Waals surface area contributed by atoms with E-state index in [0.717, 1.165) is 16.8 Å². The number of Topliss-reactive ketones (excluding diaryl/α,β-unsaturated/α-hetero) is 1. The van der Waals surface area contributed by atoms with Gasteiger partial charge in [-0.3, -0.25) is 9.59 Å². The van der Waals surface area contributed by atoms with Gasteiger partial charge in [-0.15, -0.1) is 0 Å². The second-order valence-corrected chi connectivity index (χ2v) is 7.10. The minimum Gasteiger partial charge on any atom is -0.496 e. The molecule has 0 fully saturated rings. The van der Waals surface area contributed by atoms with Crippen LogP contribution in [0.1, 0.15) is 28.9 Å². The van der Waals surface area contributed by atoms with E-state index >= 15 is 0 Å². The van der Waals surface area contributed by atoms with Gasteiger partial charge in [-0.05, 0) is 37.3 Å². The number of fused-ring (bicyclic) bond motifs is 1. The summed E-state index contributed by atoms with van der Waals surface area (Å²) in [4.78, 5) is 29.4. The van der Waals surface area contributed by atoms with Crippen molar-refractivity contribution >= 4 is 28.4 Å². The van der Waals surface area contributed by atoms with E-state index in [1.54, 1.807) is 35.1 Å². The summed E-state index contributed by atoms with van der Waals surface area (Å²) in [5.41, 5.74) is 3.49. The molecule has 0 saturated carbocycles. The van der Waals surface area contributed by atoms with Crippen LogP contribution in [-0.4, -0.2) is 33.6 Å². The Kier molecular flexibility index (Phi) is 5.75. The number of rotatable bonds is 7. The summed E-state index contributed by atoms with van der Waals surface area (Å²) < 4.78 is 7.00. The smallest absolute Gasteiger partial charge is 0.224 e. The number of nitrogens with one attached hydrogen (secondary N) is 1. The minimum absolute atomic E-state index is 0.0666. The van der Waals surface area contributed by atoms with Gasteiger partial charge >= 0.3 is 0 Å². The number of methoxy groups -OCH3 is 1. The number of nitrogens with zero attached hydrogens (tertiary/aromatic N) is 3. The summed E-state index contributed by atoms with van der Waals surface area (Å²) >= 11 is 0. The zero-order valence-electron chi connectivity index (χ0n) is 17.3. The van der Waals surface area contributed by atoms with E-state index in [0.29, 0.717) is 22.6 Å². The van der Waals surface area contributed by atoms with Crippen LogP contribution in [0.3, 0.4) is 0 Å². The number of carbonyl (C=O) groups is 2. The predicted octanol–water partition coefficient (Wildman–Crippen LogP) is 4.34. The number of pyridine rings is 1. The number of anilines is 1. The second kappa shape index (κ2) is 8.79. The van der Waals surface area contributed by atoms with Crippen LogP contribution >= 0.6 is 0 Å². The maximum Gasteiger partial charge on any atom is 0.224 e. The zero-order chi connectivity index (χ0) is 21.8. The molecule has 2 aromatic heterocycles. The molecule has 31 heavy (non-hydrogen) atoms. The van der Waals surface area contributed by atoms with Crippen molar-refractivity contribution in [2.24, 2.45) is 0 Å². The number of amides is 1. The monoisotopic (exact) mass is 414 g/mol. The average Bonchev–Trinajstić information content (AvgIpc) is 3.14. The molecular weight excluding hydrogens is 392 g/mol. The largest absolute Gasteiger partial charge is 0.496 e. The van der Waals surface area contributed by atoms with Crippen molar-refractivity contribution in [3.8, 4) is 11.4 Å². The van der Waals surface area contributed by atoms with Crippen LogP contribution in [0.15, 0.2) is 66.9 Å². The molecule has 1 amide bonds. The van der Waals surface area contributed by atoms with E-state index in [4.69, 9.17) is 4.74 Å². The first-order chi connectivity index (χ1) is 15.1. The maximum atomic E-state index is 12.5. The molecule has 7 nitrogen and oxygen atoms in total. The number of aromatic nitrogens is 3. The van der Waals surface area contributed by atoms with E-state index in [-0.39, 0.29) is 24.5 Å². The van der Waals surface area contributed by atoms with Crippen LogP contribution in [0.5, 0.6) is 5.75 Å². The number of aryl methyl sites for hydroxylation is 1. The second-order valence-electron chi connectivity index (χ2n) is 7.10. The number of hydrogen-bond donors (Lipinski definition) is 1. The third-order valence-electron chi connectivity index (χ3n) is 4.98. The summed E-state index contributed by atoms with van der Waals surface area (Å²) in [5.74, 6) is 0.118. The molecule has 4 rings (SSSR count). The number of hydrogen-bond acceptors (Lipinski definition) is 5. The van der Waals surface area contributed by atoms with Crippen LogP contribution < -0.4 is 10.1 Å². The van der Waals surface area contributed by atoms with E-state index in [1.165, 1.54) is 7.11 Å². The first-order valence-electron chi connectivity index (χ1n) is 9.93. The Hall–Kier alpha value is -4.00. The topological polar surface area (TPSA) is 86.1 Å². The molecule has 7 heteroatoms. The van der Waals surface area contributed by atoms with Crippen LogP contribution in [-0.2, 0) is 4.79 Å². The van der Waals surface area contributed by atoms with Gasteiger partial charge in [0.2, 0.25) is 5.91 Å². The Bertz CT molecular complexity index is 1250. The minimum atomic E-state index is -0.252. The third-order valence-corrected chi connectivity index (χ3v) is 4.98. The van der Waals surface area contributed by atoms with Gasteiger partial charge in [-0.1, -0.05) is 30.3 Å². The van der Waals surface area contributed by atoms with Crippen molar-refractivity contribution in [1.82, 2.24) is 14.8 Å². The first kappa shape index (κ1) is 20.3. The molecule has 0 aliphatic heterocycles. The molecule has 0 atom stereocenters. The van der Waals surface area contributed by atoms with Gasteiger partial charge < -0.3 is 10.1 Å². The number of ketones is 1. The highest BCUT2D eigenvalue weighted by Crippen LogP contribution is 2.23. The Labute approximate surface area is 179 Å². The number of carbonyl (C=O) groups excluding carboxylic acids is 2. The molecule has 0 unspecified atom stereocenters.